The fourth-order valence-corrected chi connectivity index (χ4v) is 2.44. The minimum atomic E-state index is -0.0701. The Morgan fingerprint density at radius 1 is 1.33 bits per heavy atom. The first-order chi connectivity index (χ1) is 8.81. The Kier molecular flexibility index (Phi) is 4.62. The van der Waals surface area contributed by atoms with Gasteiger partial charge in [-0.2, -0.15) is 0 Å². The van der Waals surface area contributed by atoms with Gasteiger partial charge in [0.05, 0.1) is 6.61 Å². The molecular formula is C15H21NO2. The molecule has 0 radical (unpaired) electrons. The number of esters is 1. The van der Waals surface area contributed by atoms with E-state index in [2.05, 4.69) is 29.2 Å². The summed E-state index contributed by atoms with van der Waals surface area (Å²) in [6, 6.07) is 8.58. The van der Waals surface area contributed by atoms with Gasteiger partial charge in [-0.1, -0.05) is 18.2 Å². The Morgan fingerprint density at radius 3 is 3.00 bits per heavy atom. The lowest BCUT2D eigenvalue weighted by molar-refractivity contribution is -0.143. The molecule has 0 unspecified atom stereocenters. The highest BCUT2D eigenvalue weighted by molar-refractivity contribution is 5.69. The van der Waals surface area contributed by atoms with Crippen LogP contribution in [0.2, 0.25) is 0 Å². The Bertz CT molecular complexity index is 403. The highest BCUT2D eigenvalue weighted by Gasteiger charge is 2.17. The highest BCUT2D eigenvalue weighted by Crippen LogP contribution is 2.27. The third kappa shape index (κ3) is 3.25. The van der Waals surface area contributed by atoms with Crippen LogP contribution in [-0.2, 0) is 16.0 Å². The molecule has 0 aliphatic carbocycles. The summed E-state index contributed by atoms with van der Waals surface area (Å²) >= 11 is 0. The number of unbranched alkanes of at least 4 members (excludes halogenated alkanes) is 1. The van der Waals surface area contributed by atoms with Crippen LogP contribution in [0.25, 0.3) is 0 Å². The van der Waals surface area contributed by atoms with Crippen LogP contribution in [0.3, 0.4) is 0 Å². The number of hydrogen-bond acceptors (Lipinski definition) is 3. The van der Waals surface area contributed by atoms with E-state index >= 15 is 0 Å². The predicted molar refractivity (Wildman–Crippen MR) is 72.8 cm³/mol. The fraction of sp³-hybridized carbons (Fsp3) is 0.533. The molecule has 2 rings (SSSR count). The van der Waals surface area contributed by atoms with E-state index in [0.29, 0.717) is 13.0 Å². The molecule has 3 heteroatoms. The zero-order chi connectivity index (χ0) is 12.8. The number of hydrogen-bond donors (Lipinski definition) is 0. The minimum Gasteiger partial charge on any atom is -0.466 e. The molecular weight excluding hydrogens is 226 g/mol. The van der Waals surface area contributed by atoms with Gasteiger partial charge in [0.15, 0.2) is 0 Å². The highest BCUT2D eigenvalue weighted by atomic mass is 16.5. The third-order valence-electron chi connectivity index (χ3n) is 3.35. The molecule has 0 atom stereocenters. The van der Waals surface area contributed by atoms with Gasteiger partial charge >= 0.3 is 5.97 Å². The largest absolute Gasteiger partial charge is 0.466 e. The summed E-state index contributed by atoms with van der Waals surface area (Å²) in [4.78, 5) is 13.6. The molecule has 98 valence electrons. The Labute approximate surface area is 109 Å². The molecule has 0 N–H and O–H groups in total. The maximum Gasteiger partial charge on any atom is 0.305 e. The van der Waals surface area contributed by atoms with Gasteiger partial charge < -0.3 is 9.64 Å². The third-order valence-corrected chi connectivity index (χ3v) is 3.35. The van der Waals surface area contributed by atoms with Crippen molar-refractivity contribution in [3.63, 3.8) is 0 Å². The standard InChI is InChI=1S/C15H21NO2/c1-2-18-15(17)9-5-6-11-16-12-10-13-7-3-4-8-14(13)16/h3-4,7-8H,2,5-6,9-12H2,1H3. The normalized spacial score (nSPS) is 13.5. The van der Waals surface area contributed by atoms with Crippen LogP contribution in [-0.4, -0.2) is 25.7 Å². The van der Waals surface area contributed by atoms with Crippen LogP contribution in [0.15, 0.2) is 24.3 Å². The summed E-state index contributed by atoms with van der Waals surface area (Å²) in [5, 5.41) is 0. The molecule has 0 fully saturated rings. The molecule has 0 aromatic heterocycles. The van der Waals surface area contributed by atoms with Gasteiger partial charge in [-0.3, -0.25) is 4.79 Å². The van der Waals surface area contributed by atoms with Crippen molar-refractivity contribution >= 4 is 11.7 Å². The minimum absolute atomic E-state index is 0.0701. The summed E-state index contributed by atoms with van der Waals surface area (Å²) < 4.78 is 4.92. The average molecular weight is 247 g/mol. The van der Waals surface area contributed by atoms with Gasteiger partial charge in [-0.25, -0.2) is 0 Å². The van der Waals surface area contributed by atoms with E-state index in [1.807, 2.05) is 6.92 Å². The number of para-hydroxylation sites is 1. The lowest BCUT2D eigenvalue weighted by Crippen LogP contribution is -2.21. The molecule has 0 saturated heterocycles. The second-order valence-electron chi connectivity index (χ2n) is 4.63. The maximum atomic E-state index is 11.2. The van der Waals surface area contributed by atoms with E-state index in [0.717, 1.165) is 32.4 Å². The molecule has 0 spiro atoms. The Hall–Kier alpha value is -1.51. The van der Waals surface area contributed by atoms with Crippen LogP contribution in [0.1, 0.15) is 31.7 Å². The zero-order valence-corrected chi connectivity index (χ0v) is 11.0. The number of fused-ring (bicyclic) bond motifs is 1. The van der Waals surface area contributed by atoms with E-state index in [1.165, 1.54) is 11.3 Å². The first-order valence-corrected chi connectivity index (χ1v) is 6.79. The number of ether oxygens (including phenoxy) is 1. The van der Waals surface area contributed by atoms with E-state index in [1.54, 1.807) is 0 Å². The van der Waals surface area contributed by atoms with Crippen molar-refractivity contribution in [2.75, 3.05) is 24.6 Å². The second-order valence-corrected chi connectivity index (χ2v) is 4.63. The summed E-state index contributed by atoms with van der Waals surface area (Å²) in [7, 11) is 0. The van der Waals surface area contributed by atoms with Crippen LogP contribution in [0, 0.1) is 0 Å². The van der Waals surface area contributed by atoms with Crippen molar-refractivity contribution in [1.29, 1.82) is 0 Å². The lowest BCUT2D eigenvalue weighted by atomic mass is 10.2. The van der Waals surface area contributed by atoms with Crippen molar-refractivity contribution in [2.24, 2.45) is 0 Å². The molecule has 3 nitrogen and oxygen atoms in total. The van der Waals surface area contributed by atoms with Crippen molar-refractivity contribution in [3.05, 3.63) is 29.8 Å². The van der Waals surface area contributed by atoms with Crippen LogP contribution in [0.5, 0.6) is 0 Å². The number of rotatable bonds is 6. The number of nitrogens with zero attached hydrogens (tertiary/aromatic N) is 1. The maximum absolute atomic E-state index is 11.2. The molecule has 1 aliphatic rings. The first-order valence-electron chi connectivity index (χ1n) is 6.79. The monoisotopic (exact) mass is 247 g/mol. The summed E-state index contributed by atoms with van der Waals surface area (Å²) in [5.41, 5.74) is 2.82. The van der Waals surface area contributed by atoms with Gasteiger partial charge in [0, 0.05) is 25.2 Å². The number of anilines is 1. The van der Waals surface area contributed by atoms with Crippen molar-refractivity contribution in [3.8, 4) is 0 Å². The van der Waals surface area contributed by atoms with Gasteiger partial charge in [0.1, 0.15) is 0 Å². The molecule has 0 bridgehead atoms. The Morgan fingerprint density at radius 2 is 2.17 bits per heavy atom. The predicted octanol–water partition coefficient (Wildman–Crippen LogP) is 2.78. The molecule has 1 aromatic carbocycles. The lowest BCUT2D eigenvalue weighted by Gasteiger charge is -2.18. The van der Waals surface area contributed by atoms with E-state index in [9.17, 15) is 4.79 Å². The first kappa shape index (κ1) is 12.9. The van der Waals surface area contributed by atoms with Crippen molar-refractivity contribution in [2.45, 2.75) is 32.6 Å². The second kappa shape index (κ2) is 6.43. The van der Waals surface area contributed by atoms with Gasteiger partial charge in [0.25, 0.3) is 0 Å². The van der Waals surface area contributed by atoms with Crippen LogP contribution in [0.4, 0.5) is 5.69 Å². The molecule has 1 aromatic rings. The van der Waals surface area contributed by atoms with Gasteiger partial charge in [-0.05, 0) is 37.8 Å². The molecule has 1 aliphatic heterocycles. The van der Waals surface area contributed by atoms with Crippen LogP contribution < -0.4 is 4.90 Å². The summed E-state index contributed by atoms with van der Waals surface area (Å²) in [6.07, 6.45) is 3.65. The van der Waals surface area contributed by atoms with E-state index < -0.39 is 0 Å². The fourth-order valence-electron chi connectivity index (χ4n) is 2.44. The smallest absolute Gasteiger partial charge is 0.305 e. The number of carbonyl (C=O) groups is 1. The number of carbonyl (C=O) groups excluding carboxylic acids is 1. The van der Waals surface area contributed by atoms with Crippen molar-refractivity contribution < 1.29 is 9.53 Å². The van der Waals surface area contributed by atoms with Crippen LogP contribution >= 0.6 is 0 Å². The molecule has 18 heavy (non-hydrogen) atoms. The van der Waals surface area contributed by atoms with Gasteiger partial charge in [0.2, 0.25) is 0 Å². The summed E-state index contributed by atoms with van der Waals surface area (Å²) in [6.45, 7) is 4.48. The average Bonchev–Trinajstić information content (AvgIpc) is 2.78. The van der Waals surface area contributed by atoms with E-state index in [4.69, 9.17) is 4.74 Å². The Balaban J connectivity index is 1.71. The van der Waals surface area contributed by atoms with Gasteiger partial charge in [-0.15, -0.1) is 0 Å². The molecule has 1 heterocycles. The number of benzene rings is 1. The zero-order valence-electron chi connectivity index (χ0n) is 11.0. The SMILES string of the molecule is CCOC(=O)CCCCN1CCc2ccccc21. The quantitative estimate of drug-likeness (QED) is 0.572. The molecule has 0 amide bonds. The topological polar surface area (TPSA) is 29.5 Å². The molecule has 0 saturated carbocycles. The van der Waals surface area contributed by atoms with E-state index in [-0.39, 0.29) is 5.97 Å². The van der Waals surface area contributed by atoms with Crippen molar-refractivity contribution in [1.82, 2.24) is 0 Å². The summed E-state index contributed by atoms with van der Waals surface area (Å²) in [5.74, 6) is -0.0701.